The lowest BCUT2D eigenvalue weighted by Gasteiger charge is -2.01. The highest BCUT2D eigenvalue weighted by Gasteiger charge is 2.18. The Morgan fingerprint density at radius 3 is 2.71 bits per heavy atom. The van der Waals surface area contributed by atoms with E-state index < -0.39 is 8.56 Å². The quantitative estimate of drug-likeness (QED) is 0.548. The van der Waals surface area contributed by atoms with Crippen molar-refractivity contribution in [1.29, 1.82) is 0 Å². The van der Waals surface area contributed by atoms with E-state index in [1.807, 2.05) is 0 Å². The van der Waals surface area contributed by atoms with Crippen LogP contribution < -0.4 is 5.40 Å². The molecule has 0 spiro atoms. The molecule has 1 aromatic carbocycles. The zero-order valence-corrected chi connectivity index (χ0v) is 8.83. The summed E-state index contributed by atoms with van der Waals surface area (Å²) in [5.41, 5.74) is 6.37. The Labute approximate surface area is 84.8 Å². The van der Waals surface area contributed by atoms with E-state index in [-0.39, 0.29) is 0 Å². The summed E-state index contributed by atoms with van der Waals surface area (Å²) < 4.78 is 0. The maximum atomic E-state index is 6.14. The van der Waals surface area contributed by atoms with Gasteiger partial charge in [0.25, 0.3) is 0 Å². The molecule has 1 aliphatic carbocycles. The smallest absolute Gasteiger partial charge is 0.152 e. The summed E-state index contributed by atoms with van der Waals surface area (Å²) in [6.07, 6.45) is 1.07. The van der Waals surface area contributed by atoms with Crippen LogP contribution in [0.1, 0.15) is 10.7 Å². The van der Waals surface area contributed by atoms with Crippen molar-refractivity contribution in [2.75, 3.05) is 5.40 Å². The van der Waals surface area contributed by atoms with Crippen LogP contribution in [0.3, 0.4) is 0 Å². The largest absolute Gasteiger partial charge is 0.430 e. The fraction of sp³-hybridized carbons (Fsp3) is 0.0833. The Kier molecular flexibility index (Phi) is 1.58. The van der Waals surface area contributed by atoms with Gasteiger partial charge in [-0.2, -0.15) is 0 Å². The maximum absolute atomic E-state index is 6.14. The van der Waals surface area contributed by atoms with Crippen molar-refractivity contribution in [3.8, 4) is 11.1 Å². The van der Waals surface area contributed by atoms with Crippen LogP contribution >= 0.6 is 0 Å². The number of fused-ring (bicyclic) bond motifs is 3. The predicted molar refractivity (Wildman–Crippen MR) is 60.8 cm³/mol. The topological polar surface area (TPSA) is 26.0 Å². The molecular formula is C12H11NSi. The molecule has 1 heterocycles. The highest BCUT2D eigenvalue weighted by atomic mass is 28.2. The van der Waals surface area contributed by atoms with Crippen molar-refractivity contribution in [3.63, 3.8) is 0 Å². The fourth-order valence-electron chi connectivity index (χ4n) is 2.18. The third-order valence-corrected chi connectivity index (χ3v) is 4.58. The van der Waals surface area contributed by atoms with Gasteiger partial charge < -0.3 is 5.40 Å². The molecule has 2 N–H and O–H groups in total. The van der Waals surface area contributed by atoms with E-state index >= 15 is 0 Å². The lowest BCUT2D eigenvalue weighted by Crippen LogP contribution is -2.15. The molecular weight excluding hydrogens is 186 g/mol. The summed E-state index contributed by atoms with van der Waals surface area (Å²) in [5.74, 6) is 0. The normalized spacial score (nSPS) is 12.3. The van der Waals surface area contributed by atoms with Crippen LogP contribution in [0.4, 0.5) is 0 Å². The highest BCUT2D eigenvalue weighted by molar-refractivity contribution is 6.54. The van der Waals surface area contributed by atoms with Crippen molar-refractivity contribution < 1.29 is 0 Å². The van der Waals surface area contributed by atoms with E-state index in [9.17, 15) is 0 Å². The van der Waals surface area contributed by atoms with E-state index in [0.717, 1.165) is 6.42 Å². The van der Waals surface area contributed by atoms with Crippen molar-refractivity contribution in [2.45, 2.75) is 6.42 Å². The number of nitrogen functional groups attached to an aromatic ring is 1. The molecule has 2 aromatic rings. The Morgan fingerprint density at radius 2 is 1.79 bits per heavy atom. The van der Waals surface area contributed by atoms with Crippen LogP contribution in [0.2, 0.25) is 0 Å². The Bertz CT molecular complexity index is 505. The first-order valence-corrected chi connectivity index (χ1v) is 6.47. The number of hydrogen-bond acceptors (Lipinski definition) is 1. The molecule has 1 nitrogen and oxygen atoms in total. The van der Waals surface area contributed by atoms with Crippen molar-refractivity contribution in [1.82, 2.24) is 0 Å². The molecule has 14 heavy (non-hydrogen) atoms. The minimum Gasteiger partial charge on any atom is -0.430 e. The molecule has 1 aromatic heterocycles. The van der Waals surface area contributed by atoms with Crippen LogP contribution in [0.25, 0.3) is 11.1 Å². The molecule has 2 heteroatoms. The van der Waals surface area contributed by atoms with Gasteiger partial charge in [0.15, 0.2) is 8.56 Å². The molecule has 0 radical (unpaired) electrons. The van der Waals surface area contributed by atoms with Gasteiger partial charge in [-0.3, -0.25) is 0 Å². The lowest BCUT2D eigenvalue weighted by molar-refractivity contribution is 1.30. The van der Waals surface area contributed by atoms with E-state index in [2.05, 4.69) is 42.1 Å². The molecule has 3 rings (SSSR count). The average Bonchev–Trinajstić information content (AvgIpc) is 2.59. The van der Waals surface area contributed by atoms with Gasteiger partial charge >= 0.3 is 0 Å². The van der Waals surface area contributed by atoms with Crippen LogP contribution in [0.5, 0.6) is 0 Å². The van der Waals surface area contributed by atoms with Crippen LogP contribution in [-0.2, 0) is 6.42 Å². The molecule has 0 aliphatic heterocycles. The molecule has 68 valence electrons. The minimum absolute atomic E-state index is 0.867. The molecule has 0 amide bonds. The van der Waals surface area contributed by atoms with Crippen molar-refractivity contribution in [2.24, 2.45) is 0 Å². The predicted octanol–water partition coefficient (Wildman–Crippen LogP) is 2.00. The summed E-state index contributed by atoms with van der Waals surface area (Å²) in [4.78, 5) is 0. The summed E-state index contributed by atoms with van der Waals surface area (Å²) >= 11 is 0. The number of rotatable bonds is 0. The van der Waals surface area contributed by atoms with E-state index in [1.165, 1.54) is 21.9 Å². The van der Waals surface area contributed by atoms with Gasteiger partial charge in [-0.05, 0) is 28.3 Å². The zero-order valence-electron chi connectivity index (χ0n) is 7.83. The summed E-state index contributed by atoms with van der Waals surface area (Å²) in [6.45, 7) is 0. The first-order chi connectivity index (χ1) is 6.86. The molecule has 0 bridgehead atoms. The van der Waals surface area contributed by atoms with Crippen LogP contribution in [0, 0.1) is 0 Å². The van der Waals surface area contributed by atoms with E-state index in [0.29, 0.717) is 0 Å². The molecule has 0 saturated carbocycles. The van der Waals surface area contributed by atoms with E-state index in [4.69, 9.17) is 5.40 Å². The minimum atomic E-state index is -0.867. The van der Waals surface area contributed by atoms with Gasteiger partial charge in [0.2, 0.25) is 0 Å². The van der Waals surface area contributed by atoms with E-state index in [1.54, 1.807) is 0 Å². The van der Waals surface area contributed by atoms with Gasteiger partial charge in [0, 0.05) is 0 Å². The molecule has 1 aliphatic rings. The van der Waals surface area contributed by atoms with Crippen LogP contribution in [-0.4, -0.2) is 8.56 Å². The first-order valence-electron chi connectivity index (χ1n) is 4.82. The lowest BCUT2D eigenvalue weighted by atomic mass is 10.1. The standard InChI is InChI=1S/C12H11NSi/c13-14-7-3-6-11-10-5-2-1-4-9(10)8-12(11)14/h1-7H,8,13H2. The second-order valence-corrected chi connectivity index (χ2v) is 5.55. The Hall–Kier alpha value is -1.41. The monoisotopic (exact) mass is 197 g/mol. The zero-order chi connectivity index (χ0) is 9.54. The maximum Gasteiger partial charge on any atom is 0.152 e. The Balaban J connectivity index is 2.33. The second kappa shape index (κ2) is 2.79. The molecule has 0 fully saturated rings. The fourth-order valence-corrected chi connectivity index (χ4v) is 3.61. The summed E-state index contributed by atoms with van der Waals surface area (Å²) in [7, 11) is -0.867. The number of hydrogen-bond donors (Lipinski definition) is 1. The SMILES string of the molecule is N[si]1cccc2c1Cc1ccccc1-2. The van der Waals surface area contributed by atoms with Gasteiger partial charge in [0.1, 0.15) is 0 Å². The summed E-state index contributed by atoms with van der Waals surface area (Å²) in [5, 5.41) is 7.61. The summed E-state index contributed by atoms with van der Waals surface area (Å²) in [6, 6.07) is 12.9. The van der Waals surface area contributed by atoms with Crippen LogP contribution in [0.15, 0.2) is 42.1 Å². The van der Waals surface area contributed by atoms with Crippen molar-refractivity contribution >= 4 is 8.56 Å². The van der Waals surface area contributed by atoms with Gasteiger partial charge in [-0.25, -0.2) is 0 Å². The second-order valence-electron chi connectivity index (χ2n) is 3.71. The number of benzene rings is 1. The third kappa shape index (κ3) is 0.975. The van der Waals surface area contributed by atoms with Crippen molar-refractivity contribution in [3.05, 3.63) is 52.8 Å². The molecule has 0 atom stereocenters. The van der Waals surface area contributed by atoms with Gasteiger partial charge in [-0.1, -0.05) is 42.1 Å². The molecule has 0 saturated heterocycles. The molecule has 0 unspecified atom stereocenters. The number of nitrogens with two attached hydrogens (primary N) is 1. The third-order valence-electron chi connectivity index (χ3n) is 2.89. The highest BCUT2D eigenvalue weighted by Crippen LogP contribution is 2.34. The Morgan fingerprint density at radius 1 is 1.00 bits per heavy atom. The van der Waals surface area contributed by atoms with Gasteiger partial charge in [0.05, 0.1) is 0 Å². The van der Waals surface area contributed by atoms with Gasteiger partial charge in [-0.15, -0.1) is 0 Å². The average molecular weight is 197 g/mol. The first kappa shape index (κ1) is 7.94.